The van der Waals surface area contributed by atoms with Crippen molar-refractivity contribution in [2.45, 2.75) is 50.8 Å². The van der Waals surface area contributed by atoms with Crippen molar-refractivity contribution in [1.29, 1.82) is 0 Å². The lowest BCUT2D eigenvalue weighted by molar-refractivity contribution is 0.0888. The van der Waals surface area contributed by atoms with Crippen molar-refractivity contribution in [1.82, 2.24) is 20.6 Å². The van der Waals surface area contributed by atoms with E-state index in [1.807, 2.05) is 0 Å². The molecule has 168 valence electrons. The van der Waals surface area contributed by atoms with Gasteiger partial charge in [-0.05, 0) is 44.7 Å². The Balaban J connectivity index is 1.25. The second kappa shape index (κ2) is 10.2. The average Bonchev–Trinajstić information content (AvgIpc) is 2.80. The summed E-state index contributed by atoms with van der Waals surface area (Å²) in [6.07, 6.45) is 6.63. The number of carbonyl (C=O) groups excluding carboxylic acids is 1. The van der Waals surface area contributed by atoms with Gasteiger partial charge in [0.15, 0.2) is 0 Å². The monoisotopic (exact) mass is 454 g/mol. The molecule has 0 radical (unpaired) electrons. The highest BCUT2D eigenvalue weighted by Gasteiger charge is 2.25. The van der Waals surface area contributed by atoms with Gasteiger partial charge in [-0.2, -0.15) is 0 Å². The van der Waals surface area contributed by atoms with Gasteiger partial charge in [0, 0.05) is 31.7 Å². The molecule has 1 aliphatic heterocycles. The third-order valence-corrected chi connectivity index (χ3v) is 6.22. The van der Waals surface area contributed by atoms with Gasteiger partial charge in [0.1, 0.15) is 17.3 Å². The van der Waals surface area contributed by atoms with E-state index >= 15 is 0 Å². The maximum absolute atomic E-state index is 12.6. The minimum atomic E-state index is -0.191. The first-order valence-corrected chi connectivity index (χ1v) is 11.3. The molecule has 2 fully saturated rings. The third kappa shape index (κ3) is 5.47. The maximum atomic E-state index is 12.6. The minimum absolute atomic E-state index is 0.0681. The number of hydrogen-bond donors (Lipinski definition) is 2. The number of anilines is 1. The first kappa shape index (κ1) is 22.3. The van der Waals surface area contributed by atoms with Gasteiger partial charge >= 0.3 is 0 Å². The number of piperazine rings is 1. The number of nitrogens with one attached hydrogen (secondary N) is 2. The first-order chi connectivity index (χ1) is 15.5. The molecule has 4 rings (SSSR count). The molecular weight excluding hydrogens is 428 g/mol. The van der Waals surface area contributed by atoms with Gasteiger partial charge in [0.2, 0.25) is 5.69 Å². The molecule has 1 amide bonds. The number of carbonyl (C=O) groups is 1. The van der Waals surface area contributed by atoms with Crippen LogP contribution in [0.3, 0.4) is 0 Å². The Morgan fingerprint density at radius 1 is 1.28 bits per heavy atom. The topological polar surface area (TPSA) is 83.7 Å². The molecule has 1 aromatic heterocycles. The van der Waals surface area contributed by atoms with E-state index in [2.05, 4.69) is 37.3 Å². The van der Waals surface area contributed by atoms with Gasteiger partial charge in [0.05, 0.1) is 30.1 Å². The van der Waals surface area contributed by atoms with Crippen molar-refractivity contribution in [3.05, 3.63) is 52.7 Å². The van der Waals surface area contributed by atoms with E-state index < -0.39 is 0 Å². The van der Waals surface area contributed by atoms with Crippen molar-refractivity contribution >= 4 is 29.0 Å². The Morgan fingerprint density at radius 2 is 2.09 bits per heavy atom. The summed E-state index contributed by atoms with van der Waals surface area (Å²) in [7, 11) is 0. The van der Waals surface area contributed by atoms with E-state index in [-0.39, 0.29) is 18.1 Å². The SMILES string of the molecule is [C-]#[N+]c1ccc(OC2CCC(NC(=O)c3cnc(N4CCN[C@H](C)C4)cn3)CC2)cc1Cl. The second-order valence-electron chi connectivity index (χ2n) is 8.35. The predicted octanol–water partition coefficient (Wildman–Crippen LogP) is 3.60. The van der Waals surface area contributed by atoms with Crippen LogP contribution in [0.25, 0.3) is 4.85 Å². The van der Waals surface area contributed by atoms with Crippen LogP contribution in [0.15, 0.2) is 30.6 Å². The lowest BCUT2D eigenvalue weighted by atomic mass is 9.93. The molecule has 2 heterocycles. The molecule has 2 N–H and O–H groups in total. The summed E-state index contributed by atoms with van der Waals surface area (Å²) >= 11 is 6.09. The van der Waals surface area contributed by atoms with Crippen LogP contribution < -0.4 is 20.3 Å². The van der Waals surface area contributed by atoms with Crippen molar-refractivity contribution in [3.8, 4) is 5.75 Å². The summed E-state index contributed by atoms with van der Waals surface area (Å²) in [4.78, 5) is 27.0. The van der Waals surface area contributed by atoms with Crippen LogP contribution >= 0.6 is 11.6 Å². The lowest BCUT2D eigenvalue weighted by Gasteiger charge is -2.32. The number of amides is 1. The highest BCUT2D eigenvalue weighted by molar-refractivity contribution is 6.33. The number of hydrogen-bond acceptors (Lipinski definition) is 6. The van der Waals surface area contributed by atoms with E-state index in [1.54, 1.807) is 30.6 Å². The molecule has 1 saturated heterocycles. The van der Waals surface area contributed by atoms with E-state index in [4.69, 9.17) is 22.9 Å². The summed E-state index contributed by atoms with van der Waals surface area (Å²) < 4.78 is 6.02. The van der Waals surface area contributed by atoms with Crippen molar-refractivity contribution in [2.24, 2.45) is 0 Å². The zero-order valence-corrected chi connectivity index (χ0v) is 18.8. The average molecular weight is 455 g/mol. The van der Waals surface area contributed by atoms with Crippen molar-refractivity contribution in [3.63, 3.8) is 0 Å². The van der Waals surface area contributed by atoms with E-state index in [0.29, 0.717) is 28.2 Å². The molecule has 0 bridgehead atoms. The van der Waals surface area contributed by atoms with Crippen LogP contribution in [0, 0.1) is 6.57 Å². The van der Waals surface area contributed by atoms with Gasteiger partial charge in [-0.15, -0.1) is 0 Å². The highest BCUT2D eigenvalue weighted by Crippen LogP contribution is 2.31. The summed E-state index contributed by atoms with van der Waals surface area (Å²) in [5.74, 6) is 1.28. The summed E-state index contributed by atoms with van der Waals surface area (Å²) in [5.41, 5.74) is 0.758. The van der Waals surface area contributed by atoms with Gasteiger partial charge in [-0.1, -0.05) is 17.7 Å². The molecule has 1 atom stereocenters. The molecule has 2 aliphatic rings. The Hall–Kier alpha value is -2.89. The number of nitrogens with zero attached hydrogens (tertiary/aromatic N) is 4. The van der Waals surface area contributed by atoms with Crippen molar-refractivity contribution in [2.75, 3.05) is 24.5 Å². The van der Waals surface area contributed by atoms with E-state index in [9.17, 15) is 4.79 Å². The third-order valence-electron chi connectivity index (χ3n) is 5.92. The maximum Gasteiger partial charge on any atom is 0.271 e. The Kier molecular flexibility index (Phi) is 7.08. The largest absolute Gasteiger partial charge is 0.490 e. The van der Waals surface area contributed by atoms with Crippen LogP contribution in [0.1, 0.15) is 43.1 Å². The van der Waals surface area contributed by atoms with E-state index in [0.717, 1.165) is 51.1 Å². The number of ether oxygens (including phenoxy) is 1. The van der Waals surface area contributed by atoms with Crippen LogP contribution in [-0.2, 0) is 0 Å². The van der Waals surface area contributed by atoms with Crippen LogP contribution in [0.2, 0.25) is 5.02 Å². The first-order valence-electron chi connectivity index (χ1n) is 11.0. The Bertz CT molecular complexity index is 985. The normalized spacial score (nSPS) is 23.3. The zero-order valence-electron chi connectivity index (χ0n) is 18.1. The van der Waals surface area contributed by atoms with Gasteiger partial charge in [-0.3, -0.25) is 4.79 Å². The fourth-order valence-electron chi connectivity index (χ4n) is 4.17. The minimum Gasteiger partial charge on any atom is -0.490 e. The smallest absolute Gasteiger partial charge is 0.271 e. The molecular formula is C23H27ClN6O2. The molecule has 8 nitrogen and oxygen atoms in total. The summed E-state index contributed by atoms with van der Waals surface area (Å²) in [6, 6.07) is 5.63. The molecule has 1 aliphatic carbocycles. The van der Waals surface area contributed by atoms with Gasteiger partial charge in [-0.25, -0.2) is 14.8 Å². The van der Waals surface area contributed by atoms with Crippen LogP contribution in [0.5, 0.6) is 5.75 Å². The number of benzene rings is 1. The van der Waals surface area contributed by atoms with Gasteiger partial charge in [0.25, 0.3) is 5.91 Å². The zero-order chi connectivity index (χ0) is 22.5. The lowest BCUT2D eigenvalue weighted by Crippen LogP contribution is -2.49. The number of halogens is 1. The second-order valence-corrected chi connectivity index (χ2v) is 8.76. The molecule has 32 heavy (non-hydrogen) atoms. The molecule has 9 heteroatoms. The van der Waals surface area contributed by atoms with E-state index in [1.165, 1.54) is 0 Å². The molecule has 2 aromatic rings. The highest BCUT2D eigenvalue weighted by atomic mass is 35.5. The molecule has 1 aromatic carbocycles. The number of rotatable bonds is 5. The fraction of sp³-hybridized carbons (Fsp3) is 0.478. The Labute approximate surface area is 193 Å². The summed E-state index contributed by atoms with van der Waals surface area (Å²) in [6.45, 7) is 11.9. The number of aromatic nitrogens is 2. The predicted molar refractivity (Wildman–Crippen MR) is 124 cm³/mol. The standard InChI is InChI=1S/C23H27ClN6O2/c1-15-14-30(10-9-26-15)22-13-27-21(12-28-22)23(31)29-16-3-5-17(6-4-16)32-18-7-8-20(25-2)19(24)11-18/h7-8,11-13,15-17,26H,3-6,9-10,14H2,1H3,(H,29,31)/t15-,16?,17?/m1/s1. The molecule has 0 unspecified atom stereocenters. The molecule has 1 saturated carbocycles. The fourth-order valence-corrected chi connectivity index (χ4v) is 4.38. The summed E-state index contributed by atoms with van der Waals surface area (Å²) in [5, 5.41) is 6.88. The quantitative estimate of drug-likeness (QED) is 0.671. The van der Waals surface area contributed by atoms with Crippen molar-refractivity contribution < 1.29 is 9.53 Å². The van der Waals surface area contributed by atoms with Crippen LogP contribution in [0.4, 0.5) is 11.5 Å². The Morgan fingerprint density at radius 3 is 2.75 bits per heavy atom. The molecule has 0 spiro atoms. The van der Waals surface area contributed by atoms with Gasteiger partial charge < -0.3 is 20.3 Å². The van der Waals surface area contributed by atoms with Crippen LogP contribution in [-0.4, -0.2) is 53.7 Å².